The van der Waals surface area contributed by atoms with Gasteiger partial charge in [0.05, 0.1) is 5.69 Å². The molecule has 0 aliphatic carbocycles. The van der Waals surface area contributed by atoms with Crippen molar-refractivity contribution in [3.05, 3.63) is 77.1 Å². The standard InChI is InChI=1S/C19H13F6N3O/c1-11-3-2-4-12(9-11)17(29)26-13-5-7-14(8-6-13)28-16(19(23,24)25)10-15(27-28)18(20,21)22/h2-10H,1H3,(H,26,29). The van der Waals surface area contributed by atoms with E-state index in [0.29, 0.717) is 5.56 Å². The van der Waals surface area contributed by atoms with E-state index < -0.39 is 29.6 Å². The number of aromatic nitrogens is 2. The molecule has 0 radical (unpaired) electrons. The Morgan fingerprint density at radius 3 is 2.14 bits per heavy atom. The number of amides is 1. The SMILES string of the molecule is Cc1cccc(C(=O)Nc2ccc(-n3nc(C(F)(F)F)cc3C(F)(F)F)cc2)c1. The Morgan fingerprint density at radius 1 is 0.931 bits per heavy atom. The van der Waals surface area contributed by atoms with Crippen LogP contribution in [0.15, 0.2) is 54.6 Å². The van der Waals surface area contributed by atoms with Gasteiger partial charge >= 0.3 is 12.4 Å². The molecule has 29 heavy (non-hydrogen) atoms. The van der Waals surface area contributed by atoms with Gasteiger partial charge in [-0.3, -0.25) is 4.79 Å². The molecule has 0 aliphatic rings. The van der Waals surface area contributed by atoms with Crippen LogP contribution in [0.25, 0.3) is 5.69 Å². The maximum absolute atomic E-state index is 13.1. The van der Waals surface area contributed by atoms with Crippen molar-refractivity contribution in [2.75, 3.05) is 5.32 Å². The van der Waals surface area contributed by atoms with Crippen molar-refractivity contribution < 1.29 is 31.1 Å². The van der Waals surface area contributed by atoms with E-state index in [4.69, 9.17) is 0 Å². The molecule has 0 spiro atoms. The van der Waals surface area contributed by atoms with Gasteiger partial charge in [0.1, 0.15) is 5.69 Å². The third-order valence-corrected chi connectivity index (χ3v) is 3.94. The van der Waals surface area contributed by atoms with E-state index in [-0.39, 0.29) is 22.1 Å². The molecule has 3 aromatic rings. The molecule has 3 rings (SSSR count). The van der Waals surface area contributed by atoms with Crippen LogP contribution in [0.4, 0.5) is 32.0 Å². The minimum atomic E-state index is -5.03. The van der Waals surface area contributed by atoms with Crippen LogP contribution in [0.1, 0.15) is 27.3 Å². The summed E-state index contributed by atoms with van der Waals surface area (Å²) in [4.78, 5) is 12.2. The van der Waals surface area contributed by atoms with Crippen molar-refractivity contribution in [2.24, 2.45) is 0 Å². The van der Waals surface area contributed by atoms with Crippen LogP contribution in [0.2, 0.25) is 0 Å². The van der Waals surface area contributed by atoms with Crippen molar-refractivity contribution in [1.82, 2.24) is 9.78 Å². The van der Waals surface area contributed by atoms with Crippen LogP contribution in [-0.2, 0) is 12.4 Å². The lowest BCUT2D eigenvalue weighted by atomic mass is 10.1. The molecule has 0 saturated heterocycles. The van der Waals surface area contributed by atoms with Crippen LogP contribution in [0.5, 0.6) is 0 Å². The quantitative estimate of drug-likeness (QED) is 0.579. The largest absolute Gasteiger partial charge is 0.435 e. The normalized spacial score (nSPS) is 12.1. The fourth-order valence-corrected chi connectivity index (χ4v) is 2.59. The lowest BCUT2D eigenvalue weighted by Gasteiger charge is -2.11. The van der Waals surface area contributed by atoms with E-state index in [9.17, 15) is 31.1 Å². The zero-order valence-corrected chi connectivity index (χ0v) is 14.8. The number of anilines is 1. The maximum atomic E-state index is 13.1. The fraction of sp³-hybridized carbons (Fsp3) is 0.158. The van der Waals surface area contributed by atoms with Gasteiger partial charge < -0.3 is 5.32 Å². The third-order valence-electron chi connectivity index (χ3n) is 3.94. The summed E-state index contributed by atoms with van der Waals surface area (Å²) in [6, 6.07) is 11.5. The summed E-state index contributed by atoms with van der Waals surface area (Å²) >= 11 is 0. The Balaban J connectivity index is 1.89. The Labute approximate surface area is 160 Å². The molecule has 0 fully saturated rings. The number of carbonyl (C=O) groups excluding carboxylic acids is 1. The second kappa shape index (κ2) is 7.26. The third kappa shape index (κ3) is 4.58. The number of benzene rings is 2. The van der Waals surface area contributed by atoms with E-state index in [1.807, 2.05) is 13.0 Å². The molecule has 0 saturated carbocycles. The van der Waals surface area contributed by atoms with Crippen LogP contribution in [0.3, 0.4) is 0 Å². The van der Waals surface area contributed by atoms with Gasteiger partial charge in [-0.15, -0.1) is 0 Å². The van der Waals surface area contributed by atoms with Crippen molar-refractivity contribution in [3.8, 4) is 5.69 Å². The van der Waals surface area contributed by atoms with Crippen molar-refractivity contribution in [1.29, 1.82) is 0 Å². The van der Waals surface area contributed by atoms with Gasteiger partial charge in [-0.05, 0) is 43.3 Å². The molecular formula is C19H13F6N3O. The molecule has 0 atom stereocenters. The molecule has 152 valence electrons. The topological polar surface area (TPSA) is 46.9 Å². The Bertz CT molecular complexity index is 1040. The first-order valence-corrected chi connectivity index (χ1v) is 8.18. The summed E-state index contributed by atoms with van der Waals surface area (Å²) in [6.45, 7) is 1.81. The fourth-order valence-electron chi connectivity index (χ4n) is 2.59. The molecule has 0 bridgehead atoms. The van der Waals surface area contributed by atoms with Gasteiger partial charge in [0.25, 0.3) is 5.91 Å². The number of rotatable bonds is 3. The molecule has 10 heteroatoms. The molecule has 1 amide bonds. The number of halogens is 6. The highest BCUT2D eigenvalue weighted by Crippen LogP contribution is 2.36. The Morgan fingerprint density at radius 2 is 1.59 bits per heavy atom. The first kappa shape index (κ1) is 20.4. The lowest BCUT2D eigenvalue weighted by Crippen LogP contribution is -2.14. The van der Waals surface area contributed by atoms with Crippen LogP contribution < -0.4 is 5.32 Å². The summed E-state index contributed by atoms with van der Waals surface area (Å²) in [5, 5.41) is 5.62. The van der Waals surface area contributed by atoms with Crippen molar-refractivity contribution in [3.63, 3.8) is 0 Å². The van der Waals surface area contributed by atoms with Crippen molar-refractivity contribution in [2.45, 2.75) is 19.3 Å². The summed E-state index contributed by atoms with van der Waals surface area (Å²) in [5.74, 6) is -0.434. The van der Waals surface area contributed by atoms with Gasteiger partial charge in [0.15, 0.2) is 5.69 Å². The molecule has 0 aliphatic heterocycles. The molecule has 2 aromatic carbocycles. The Kier molecular flexibility index (Phi) is 5.12. The predicted molar refractivity (Wildman–Crippen MR) is 92.7 cm³/mol. The van der Waals surface area contributed by atoms with E-state index in [1.165, 1.54) is 12.1 Å². The Hall–Kier alpha value is -3.30. The molecule has 1 heterocycles. The number of aryl methyl sites for hydroxylation is 1. The minimum Gasteiger partial charge on any atom is -0.322 e. The number of alkyl halides is 6. The van der Waals surface area contributed by atoms with Gasteiger partial charge in [-0.25, -0.2) is 4.68 Å². The lowest BCUT2D eigenvalue weighted by molar-refractivity contribution is -0.143. The molecule has 4 nitrogen and oxygen atoms in total. The highest BCUT2D eigenvalue weighted by Gasteiger charge is 2.42. The van der Waals surface area contributed by atoms with Crippen LogP contribution >= 0.6 is 0 Å². The van der Waals surface area contributed by atoms with Gasteiger partial charge in [0, 0.05) is 17.3 Å². The number of nitrogens with zero attached hydrogens (tertiary/aromatic N) is 2. The first-order chi connectivity index (χ1) is 13.4. The number of hydrogen-bond acceptors (Lipinski definition) is 2. The molecule has 1 aromatic heterocycles. The van der Waals surface area contributed by atoms with E-state index in [2.05, 4.69) is 10.4 Å². The predicted octanol–water partition coefficient (Wildman–Crippen LogP) is 5.47. The maximum Gasteiger partial charge on any atom is 0.435 e. The molecular weight excluding hydrogens is 400 g/mol. The summed E-state index contributed by atoms with van der Waals surface area (Å²) in [6.07, 6.45) is -10.1. The highest BCUT2D eigenvalue weighted by molar-refractivity contribution is 6.04. The monoisotopic (exact) mass is 413 g/mol. The number of nitrogens with one attached hydrogen (secondary N) is 1. The number of hydrogen-bond donors (Lipinski definition) is 1. The smallest absolute Gasteiger partial charge is 0.322 e. The second-order valence-electron chi connectivity index (χ2n) is 6.19. The van der Waals surface area contributed by atoms with Crippen LogP contribution in [0, 0.1) is 6.92 Å². The zero-order chi connectivity index (χ0) is 21.4. The average molecular weight is 413 g/mol. The van der Waals surface area contributed by atoms with Gasteiger partial charge in [-0.2, -0.15) is 31.4 Å². The summed E-state index contributed by atoms with van der Waals surface area (Å²) < 4.78 is 77.9. The first-order valence-electron chi connectivity index (χ1n) is 8.18. The van der Waals surface area contributed by atoms with E-state index in [1.54, 1.807) is 18.2 Å². The second-order valence-corrected chi connectivity index (χ2v) is 6.19. The van der Waals surface area contributed by atoms with Gasteiger partial charge in [0.2, 0.25) is 0 Å². The minimum absolute atomic E-state index is 0.0482. The van der Waals surface area contributed by atoms with E-state index in [0.717, 1.165) is 17.7 Å². The van der Waals surface area contributed by atoms with Gasteiger partial charge in [-0.1, -0.05) is 17.7 Å². The highest BCUT2D eigenvalue weighted by atomic mass is 19.4. The molecule has 0 unspecified atom stereocenters. The number of carbonyl (C=O) groups is 1. The van der Waals surface area contributed by atoms with E-state index >= 15 is 0 Å². The zero-order valence-electron chi connectivity index (χ0n) is 14.8. The van der Waals surface area contributed by atoms with Crippen LogP contribution in [-0.4, -0.2) is 15.7 Å². The van der Waals surface area contributed by atoms with Crippen molar-refractivity contribution >= 4 is 11.6 Å². The summed E-state index contributed by atoms with van der Waals surface area (Å²) in [5.41, 5.74) is -1.93. The molecule has 1 N–H and O–H groups in total. The average Bonchev–Trinajstić information content (AvgIpc) is 3.08. The summed E-state index contributed by atoms with van der Waals surface area (Å²) in [7, 11) is 0.